The van der Waals surface area contributed by atoms with Gasteiger partial charge in [-0.3, -0.25) is 9.69 Å². The predicted octanol–water partition coefficient (Wildman–Crippen LogP) is 3.77. The first-order chi connectivity index (χ1) is 9.33. The summed E-state index contributed by atoms with van der Waals surface area (Å²) in [5.41, 5.74) is -0.425. The quantitative estimate of drug-likeness (QED) is 0.585. The fourth-order valence-electron chi connectivity index (χ4n) is 2.08. The molecule has 0 N–H and O–H groups in total. The van der Waals surface area contributed by atoms with Crippen LogP contribution in [0.15, 0.2) is 0 Å². The van der Waals surface area contributed by atoms with Crippen molar-refractivity contribution in [3.05, 3.63) is 0 Å². The number of likely N-dealkylation sites (tertiary alicyclic amines) is 1. The van der Waals surface area contributed by atoms with Crippen LogP contribution in [-0.2, 0) is 14.0 Å². The first-order valence-corrected chi connectivity index (χ1v) is 10.9. The maximum Gasteiger partial charge on any atom is 0.323 e. The molecule has 0 amide bonds. The second-order valence-corrected chi connectivity index (χ2v) is 13.3. The number of hydrogen-bond donors (Lipinski definition) is 0. The summed E-state index contributed by atoms with van der Waals surface area (Å²) in [7, 11) is -1.78. The summed E-state index contributed by atoms with van der Waals surface area (Å²) >= 11 is 0. The minimum atomic E-state index is -1.78. The van der Waals surface area contributed by atoms with Gasteiger partial charge >= 0.3 is 5.97 Å². The van der Waals surface area contributed by atoms with Crippen molar-refractivity contribution in [2.45, 2.75) is 84.2 Å². The highest BCUT2D eigenvalue weighted by atomic mass is 28.4. The third-order valence-corrected chi connectivity index (χ3v) is 8.90. The minimum Gasteiger partial charge on any atom is -0.459 e. The Labute approximate surface area is 131 Å². The molecule has 0 saturated carbocycles. The molecule has 0 aromatic heterocycles. The van der Waals surface area contributed by atoms with Crippen LogP contribution in [0.1, 0.15) is 54.4 Å². The van der Waals surface area contributed by atoms with Crippen molar-refractivity contribution in [1.29, 1.82) is 0 Å². The van der Waals surface area contributed by atoms with E-state index >= 15 is 0 Å². The van der Waals surface area contributed by atoms with Crippen molar-refractivity contribution in [2.24, 2.45) is 0 Å². The lowest BCUT2D eigenvalue weighted by molar-refractivity contribution is -0.161. The van der Waals surface area contributed by atoms with E-state index in [1.54, 1.807) is 0 Å². The van der Waals surface area contributed by atoms with Crippen LogP contribution in [0.25, 0.3) is 0 Å². The Morgan fingerprint density at radius 1 is 1.19 bits per heavy atom. The Bertz CT molecular complexity index is 369. The maximum absolute atomic E-state index is 12.3. The SMILES string of the molecule is CC(C)(C)OC(=O)C1CCCN1CO[Si](C)(C)C(C)(C)C. The van der Waals surface area contributed by atoms with Gasteiger partial charge in [-0.1, -0.05) is 20.8 Å². The van der Waals surface area contributed by atoms with E-state index in [9.17, 15) is 4.79 Å². The van der Waals surface area contributed by atoms with Crippen molar-refractivity contribution in [3.63, 3.8) is 0 Å². The van der Waals surface area contributed by atoms with Gasteiger partial charge in [0, 0.05) is 6.54 Å². The van der Waals surface area contributed by atoms with Crippen molar-refractivity contribution >= 4 is 14.3 Å². The molecule has 0 radical (unpaired) electrons. The van der Waals surface area contributed by atoms with Crippen LogP contribution in [0.4, 0.5) is 0 Å². The van der Waals surface area contributed by atoms with Gasteiger partial charge in [0.2, 0.25) is 0 Å². The molecular weight excluding hydrogens is 282 g/mol. The van der Waals surface area contributed by atoms with E-state index in [1.807, 2.05) is 20.8 Å². The maximum atomic E-state index is 12.3. The average molecular weight is 316 g/mol. The van der Waals surface area contributed by atoms with Crippen molar-refractivity contribution in [1.82, 2.24) is 4.90 Å². The highest BCUT2D eigenvalue weighted by Crippen LogP contribution is 2.37. The van der Waals surface area contributed by atoms with Crippen LogP contribution >= 0.6 is 0 Å². The molecule has 1 aliphatic rings. The third kappa shape index (κ3) is 5.38. The zero-order chi connectivity index (χ0) is 16.5. The first-order valence-electron chi connectivity index (χ1n) is 7.94. The molecule has 1 fully saturated rings. The van der Waals surface area contributed by atoms with Gasteiger partial charge in [0.05, 0.1) is 6.73 Å². The van der Waals surface area contributed by atoms with Gasteiger partial charge in [-0.25, -0.2) is 0 Å². The summed E-state index contributed by atoms with van der Waals surface area (Å²) in [4.78, 5) is 14.4. The summed E-state index contributed by atoms with van der Waals surface area (Å²) in [6.07, 6.45) is 1.90. The van der Waals surface area contributed by atoms with Gasteiger partial charge in [0.25, 0.3) is 0 Å². The Hall–Kier alpha value is -0.393. The van der Waals surface area contributed by atoms with E-state index < -0.39 is 13.9 Å². The largest absolute Gasteiger partial charge is 0.459 e. The molecule has 1 rings (SSSR count). The molecule has 21 heavy (non-hydrogen) atoms. The van der Waals surface area contributed by atoms with Gasteiger partial charge in [0.15, 0.2) is 8.32 Å². The normalized spacial score (nSPS) is 21.6. The van der Waals surface area contributed by atoms with E-state index in [1.165, 1.54) is 0 Å². The van der Waals surface area contributed by atoms with Crippen LogP contribution in [-0.4, -0.2) is 44.1 Å². The molecule has 0 spiro atoms. The predicted molar refractivity (Wildman–Crippen MR) is 88.7 cm³/mol. The molecule has 4 nitrogen and oxygen atoms in total. The molecule has 1 atom stereocenters. The number of carbonyl (C=O) groups excluding carboxylic acids is 1. The third-order valence-electron chi connectivity index (χ3n) is 4.44. The van der Waals surface area contributed by atoms with Crippen LogP contribution in [0.3, 0.4) is 0 Å². The van der Waals surface area contributed by atoms with Crippen LogP contribution in [0.2, 0.25) is 18.1 Å². The van der Waals surface area contributed by atoms with Crippen LogP contribution in [0, 0.1) is 0 Å². The van der Waals surface area contributed by atoms with Crippen LogP contribution < -0.4 is 0 Å². The topological polar surface area (TPSA) is 38.8 Å². The van der Waals surface area contributed by atoms with Gasteiger partial charge in [-0.15, -0.1) is 0 Å². The number of carbonyl (C=O) groups is 1. The Kier molecular flexibility index (Phi) is 5.67. The van der Waals surface area contributed by atoms with Crippen LogP contribution in [0.5, 0.6) is 0 Å². The fraction of sp³-hybridized carbons (Fsp3) is 0.938. The molecule has 0 aromatic carbocycles. The molecule has 1 aliphatic heterocycles. The Morgan fingerprint density at radius 3 is 2.24 bits per heavy atom. The molecule has 1 unspecified atom stereocenters. The molecule has 1 heterocycles. The zero-order valence-electron chi connectivity index (χ0n) is 15.1. The van der Waals surface area contributed by atoms with E-state index in [-0.39, 0.29) is 17.0 Å². The molecule has 0 aromatic rings. The van der Waals surface area contributed by atoms with Gasteiger partial charge < -0.3 is 9.16 Å². The molecule has 5 heteroatoms. The number of rotatable bonds is 4. The van der Waals surface area contributed by atoms with Gasteiger partial charge in [-0.05, 0) is 51.7 Å². The summed E-state index contributed by atoms with van der Waals surface area (Å²) < 4.78 is 11.8. The van der Waals surface area contributed by atoms with Crippen molar-refractivity contribution in [3.8, 4) is 0 Å². The smallest absolute Gasteiger partial charge is 0.323 e. The van der Waals surface area contributed by atoms with E-state index in [0.717, 1.165) is 19.4 Å². The van der Waals surface area contributed by atoms with E-state index in [4.69, 9.17) is 9.16 Å². The number of nitrogens with zero attached hydrogens (tertiary/aromatic N) is 1. The lowest BCUT2D eigenvalue weighted by Gasteiger charge is -2.38. The minimum absolute atomic E-state index is 0.112. The summed E-state index contributed by atoms with van der Waals surface area (Å²) in [5.74, 6) is -0.112. The lowest BCUT2D eigenvalue weighted by Crippen LogP contribution is -2.47. The first kappa shape index (κ1) is 18.7. The summed E-state index contributed by atoms with van der Waals surface area (Å²) in [6.45, 7) is 18.4. The number of hydrogen-bond acceptors (Lipinski definition) is 4. The fourth-order valence-corrected chi connectivity index (χ4v) is 3.00. The molecule has 124 valence electrons. The molecule has 1 saturated heterocycles. The Morgan fingerprint density at radius 2 is 1.76 bits per heavy atom. The molecule has 0 bridgehead atoms. The Balaban J connectivity index is 2.61. The summed E-state index contributed by atoms with van der Waals surface area (Å²) in [5, 5.41) is 0.189. The standard InChI is InChI=1S/C16H33NO3Si/c1-15(2,3)20-14(18)13-10-9-11-17(13)12-19-21(7,8)16(4,5)6/h13H,9-12H2,1-8H3. The lowest BCUT2D eigenvalue weighted by atomic mass is 10.1. The second-order valence-electron chi connectivity index (χ2n) is 8.54. The monoisotopic (exact) mass is 315 g/mol. The van der Waals surface area contributed by atoms with Crippen molar-refractivity contribution < 1.29 is 14.0 Å². The molecular formula is C16H33NO3Si. The summed E-state index contributed by atoms with van der Waals surface area (Å²) in [6, 6.07) is -0.144. The highest BCUT2D eigenvalue weighted by molar-refractivity contribution is 6.74. The number of esters is 1. The van der Waals surface area contributed by atoms with Gasteiger partial charge in [0.1, 0.15) is 11.6 Å². The van der Waals surface area contributed by atoms with E-state index in [0.29, 0.717) is 6.73 Å². The van der Waals surface area contributed by atoms with Crippen molar-refractivity contribution in [2.75, 3.05) is 13.3 Å². The number of ether oxygens (including phenoxy) is 1. The average Bonchev–Trinajstić information content (AvgIpc) is 2.70. The second kappa shape index (κ2) is 6.38. The highest BCUT2D eigenvalue weighted by Gasteiger charge is 2.40. The van der Waals surface area contributed by atoms with E-state index in [2.05, 4.69) is 38.8 Å². The van der Waals surface area contributed by atoms with Gasteiger partial charge in [-0.2, -0.15) is 0 Å². The molecule has 0 aliphatic carbocycles. The zero-order valence-corrected chi connectivity index (χ0v) is 16.1.